The number of allylic oxidation sites excluding steroid dienone is 2. The van der Waals surface area contributed by atoms with Gasteiger partial charge in [-0.05, 0) is 51.4 Å². The molecule has 6 heteroatoms. The summed E-state index contributed by atoms with van der Waals surface area (Å²) in [6, 6.07) is -0.694. The number of hydrogen-bond acceptors (Lipinski definition) is 5. The molecule has 3 N–H and O–H groups in total. The third-order valence-corrected chi connectivity index (χ3v) is 12.6. The van der Waals surface area contributed by atoms with Crippen molar-refractivity contribution in [3.05, 3.63) is 12.2 Å². The predicted octanol–water partition coefficient (Wildman–Crippen LogP) is 16.1. The first-order valence-electron chi connectivity index (χ1n) is 26.9. The fourth-order valence-electron chi connectivity index (χ4n) is 8.49. The number of amides is 1. The van der Waals surface area contributed by atoms with Crippen molar-refractivity contribution in [2.45, 2.75) is 315 Å². The monoisotopic (exact) mass is 848 g/mol. The molecule has 0 fully saturated rings. The molecule has 0 aliphatic carbocycles. The molecule has 0 saturated carbocycles. The van der Waals surface area contributed by atoms with Crippen LogP contribution in [0.3, 0.4) is 0 Å². The van der Waals surface area contributed by atoms with Crippen LogP contribution >= 0.6 is 0 Å². The minimum absolute atomic E-state index is 0.0826. The van der Waals surface area contributed by atoms with Crippen molar-refractivity contribution in [1.29, 1.82) is 0 Å². The zero-order valence-electron chi connectivity index (χ0n) is 40.6. The smallest absolute Gasteiger partial charge is 0.306 e. The Kier molecular flexibility index (Phi) is 47.5. The number of unbranched alkanes of at least 4 members (excludes halogenated alkanes) is 35. The zero-order valence-corrected chi connectivity index (χ0v) is 40.6. The first-order valence-corrected chi connectivity index (χ1v) is 26.9. The van der Waals surface area contributed by atoms with Crippen LogP contribution in [0, 0.1) is 0 Å². The van der Waals surface area contributed by atoms with Crippen LogP contribution in [-0.2, 0) is 14.3 Å². The molecule has 0 aliphatic rings. The predicted molar refractivity (Wildman–Crippen MR) is 260 cm³/mol. The molecule has 3 atom stereocenters. The van der Waals surface area contributed by atoms with Crippen LogP contribution in [0.2, 0.25) is 0 Å². The van der Waals surface area contributed by atoms with Crippen LogP contribution in [0.25, 0.3) is 0 Å². The van der Waals surface area contributed by atoms with Gasteiger partial charge in [-0.25, -0.2) is 0 Å². The first kappa shape index (κ1) is 58.6. The molecular formula is C54H105NO5. The SMILES string of the molecule is CCCCCCCC/C=C/CCCCCCCCCCCC(=O)OC(CCCCCCCCC)CC(=O)NC(CO)C(O)CCCCCCCCCCCCCCCCC. The van der Waals surface area contributed by atoms with E-state index in [4.69, 9.17) is 4.74 Å². The van der Waals surface area contributed by atoms with Crippen molar-refractivity contribution in [3.63, 3.8) is 0 Å². The Hall–Kier alpha value is -1.40. The highest BCUT2D eigenvalue weighted by molar-refractivity contribution is 5.77. The lowest BCUT2D eigenvalue weighted by atomic mass is 10.0. The van der Waals surface area contributed by atoms with E-state index in [1.54, 1.807) is 0 Å². The highest BCUT2D eigenvalue weighted by Gasteiger charge is 2.24. The van der Waals surface area contributed by atoms with E-state index in [0.717, 1.165) is 44.9 Å². The van der Waals surface area contributed by atoms with Crippen LogP contribution in [-0.4, -0.2) is 46.9 Å². The minimum atomic E-state index is -0.781. The van der Waals surface area contributed by atoms with Gasteiger partial charge >= 0.3 is 5.97 Å². The van der Waals surface area contributed by atoms with Crippen LogP contribution in [0.15, 0.2) is 12.2 Å². The highest BCUT2D eigenvalue weighted by atomic mass is 16.5. The average molecular weight is 848 g/mol. The van der Waals surface area contributed by atoms with E-state index in [-0.39, 0.29) is 24.9 Å². The first-order chi connectivity index (χ1) is 29.5. The number of ether oxygens (including phenoxy) is 1. The van der Waals surface area contributed by atoms with Gasteiger partial charge in [0.05, 0.1) is 25.2 Å². The molecule has 0 spiro atoms. The molecule has 0 heterocycles. The van der Waals surface area contributed by atoms with E-state index in [0.29, 0.717) is 19.3 Å². The molecule has 356 valence electrons. The lowest BCUT2D eigenvalue weighted by molar-refractivity contribution is -0.151. The summed E-state index contributed by atoms with van der Waals surface area (Å²) >= 11 is 0. The van der Waals surface area contributed by atoms with Crippen molar-refractivity contribution in [2.75, 3.05) is 6.61 Å². The Labute approximate surface area is 374 Å². The summed E-state index contributed by atoms with van der Waals surface area (Å²) in [5, 5.41) is 23.7. The Morgan fingerprint density at radius 2 is 0.800 bits per heavy atom. The lowest BCUT2D eigenvalue weighted by Gasteiger charge is -2.24. The van der Waals surface area contributed by atoms with Gasteiger partial charge in [0, 0.05) is 6.42 Å². The lowest BCUT2D eigenvalue weighted by Crippen LogP contribution is -2.46. The van der Waals surface area contributed by atoms with E-state index in [2.05, 4.69) is 38.2 Å². The van der Waals surface area contributed by atoms with Gasteiger partial charge in [-0.2, -0.15) is 0 Å². The van der Waals surface area contributed by atoms with Crippen LogP contribution in [0.5, 0.6) is 0 Å². The topological polar surface area (TPSA) is 95.9 Å². The average Bonchev–Trinajstić information content (AvgIpc) is 3.24. The van der Waals surface area contributed by atoms with Crippen molar-refractivity contribution < 1.29 is 24.5 Å². The maximum absolute atomic E-state index is 13.1. The summed E-state index contributed by atoms with van der Waals surface area (Å²) in [4.78, 5) is 26.0. The number of aliphatic hydroxyl groups is 2. The summed E-state index contributed by atoms with van der Waals surface area (Å²) in [5.41, 5.74) is 0. The molecule has 3 unspecified atom stereocenters. The van der Waals surface area contributed by atoms with Crippen molar-refractivity contribution in [1.82, 2.24) is 5.32 Å². The van der Waals surface area contributed by atoms with Gasteiger partial charge in [-0.15, -0.1) is 0 Å². The summed E-state index contributed by atoms with van der Waals surface area (Å²) in [6.07, 6.45) is 54.3. The van der Waals surface area contributed by atoms with E-state index < -0.39 is 18.2 Å². The maximum Gasteiger partial charge on any atom is 0.306 e. The second-order valence-corrected chi connectivity index (χ2v) is 18.6. The molecule has 0 rings (SSSR count). The molecule has 0 bridgehead atoms. The minimum Gasteiger partial charge on any atom is -0.462 e. The second-order valence-electron chi connectivity index (χ2n) is 18.6. The third-order valence-electron chi connectivity index (χ3n) is 12.6. The Morgan fingerprint density at radius 1 is 0.467 bits per heavy atom. The molecule has 0 aromatic carbocycles. The summed E-state index contributed by atoms with van der Waals surface area (Å²) < 4.78 is 5.91. The van der Waals surface area contributed by atoms with Gasteiger partial charge in [0.25, 0.3) is 0 Å². The standard InChI is InChI=1S/C54H105NO5/c1-4-7-10-13-16-18-20-22-24-25-26-27-29-31-33-35-38-41-44-47-54(59)60-50(45-42-39-36-15-12-9-6-3)48-53(58)55-51(49-56)52(57)46-43-40-37-34-32-30-28-23-21-19-17-14-11-8-5-2/h22,24,50-52,56-57H,4-21,23,25-49H2,1-3H3,(H,55,58)/b24-22+. The van der Waals surface area contributed by atoms with E-state index in [1.165, 1.54) is 205 Å². The summed E-state index contributed by atoms with van der Waals surface area (Å²) in [5.74, 6) is -0.464. The summed E-state index contributed by atoms with van der Waals surface area (Å²) in [6.45, 7) is 6.48. The number of esters is 1. The van der Waals surface area contributed by atoms with Crippen molar-refractivity contribution >= 4 is 11.9 Å². The Bertz CT molecular complexity index is 909. The molecule has 6 nitrogen and oxygen atoms in total. The molecule has 60 heavy (non-hydrogen) atoms. The van der Waals surface area contributed by atoms with Gasteiger partial charge < -0.3 is 20.3 Å². The van der Waals surface area contributed by atoms with E-state index >= 15 is 0 Å². The third kappa shape index (κ3) is 43.3. The van der Waals surface area contributed by atoms with Crippen LogP contribution in [0.4, 0.5) is 0 Å². The quantitative estimate of drug-likeness (QED) is 0.0322. The molecule has 0 aromatic rings. The molecule has 0 aliphatic heterocycles. The maximum atomic E-state index is 13.1. The Balaban J connectivity index is 4.28. The van der Waals surface area contributed by atoms with Gasteiger partial charge in [-0.3, -0.25) is 9.59 Å². The number of aliphatic hydroxyl groups excluding tert-OH is 2. The van der Waals surface area contributed by atoms with Gasteiger partial charge in [0.1, 0.15) is 6.10 Å². The van der Waals surface area contributed by atoms with Crippen molar-refractivity contribution in [2.24, 2.45) is 0 Å². The normalized spacial score (nSPS) is 13.2. The number of rotatable bonds is 49. The fourth-order valence-corrected chi connectivity index (χ4v) is 8.49. The second kappa shape index (κ2) is 48.6. The van der Waals surface area contributed by atoms with Crippen LogP contribution in [0.1, 0.15) is 297 Å². The molecule has 0 radical (unpaired) electrons. The van der Waals surface area contributed by atoms with Crippen molar-refractivity contribution in [3.8, 4) is 0 Å². The zero-order chi connectivity index (χ0) is 43.8. The largest absolute Gasteiger partial charge is 0.462 e. The fraction of sp³-hybridized carbons (Fsp3) is 0.926. The van der Waals surface area contributed by atoms with Crippen LogP contribution < -0.4 is 5.32 Å². The highest BCUT2D eigenvalue weighted by Crippen LogP contribution is 2.18. The Morgan fingerprint density at radius 3 is 1.18 bits per heavy atom. The number of nitrogens with one attached hydrogen (secondary N) is 1. The van der Waals surface area contributed by atoms with Gasteiger partial charge in [-0.1, -0.05) is 245 Å². The summed E-state index contributed by atoms with van der Waals surface area (Å²) in [7, 11) is 0. The van der Waals surface area contributed by atoms with Gasteiger partial charge in [0.15, 0.2) is 0 Å². The number of carbonyl (C=O) groups excluding carboxylic acids is 2. The number of hydrogen-bond donors (Lipinski definition) is 3. The van der Waals surface area contributed by atoms with E-state index in [1.807, 2.05) is 0 Å². The van der Waals surface area contributed by atoms with Gasteiger partial charge in [0.2, 0.25) is 5.91 Å². The molecular weight excluding hydrogens is 743 g/mol. The number of carbonyl (C=O) groups is 2. The molecule has 1 amide bonds. The molecule has 0 saturated heterocycles. The van der Waals surface area contributed by atoms with E-state index in [9.17, 15) is 19.8 Å². The molecule has 0 aromatic heterocycles.